The number of benzene rings is 1. The van der Waals surface area contributed by atoms with Gasteiger partial charge in [0.15, 0.2) is 0 Å². The van der Waals surface area contributed by atoms with Gasteiger partial charge in [-0.05, 0) is 19.1 Å². The van der Waals surface area contributed by atoms with Crippen molar-refractivity contribution in [3.05, 3.63) is 35.4 Å². The number of carbonyl (C=O) groups excluding carboxylic acids is 1. The number of hydrogen-bond donors (Lipinski definition) is 3. The molecule has 0 fully saturated rings. The van der Waals surface area contributed by atoms with Gasteiger partial charge in [-0.2, -0.15) is 13.2 Å². The highest BCUT2D eigenvalue weighted by Crippen LogP contribution is 2.31. The number of aliphatic hydroxyl groups excluding tert-OH is 2. The lowest BCUT2D eigenvalue weighted by Crippen LogP contribution is -2.52. The summed E-state index contributed by atoms with van der Waals surface area (Å²) in [7, 11) is 0. The zero-order chi connectivity index (χ0) is 14.7. The van der Waals surface area contributed by atoms with Crippen molar-refractivity contribution in [2.75, 3.05) is 13.2 Å². The van der Waals surface area contributed by atoms with Crippen molar-refractivity contribution in [2.45, 2.75) is 18.6 Å². The second-order valence-corrected chi connectivity index (χ2v) is 4.37. The Bertz CT molecular complexity index is 456. The smallest absolute Gasteiger partial charge is 0.394 e. The number of hydrogen-bond acceptors (Lipinski definition) is 3. The summed E-state index contributed by atoms with van der Waals surface area (Å²) >= 11 is 0. The SMILES string of the molecule is CC(CO)(CO)NC(=O)c1ccccc1C(F)(F)F. The highest BCUT2D eigenvalue weighted by molar-refractivity contribution is 5.96. The highest BCUT2D eigenvalue weighted by Gasteiger charge is 2.36. The average molecular weight is 277 g/mol. The van der Waals surface area contributed by atoms with Crippen LogP contribution in [0.25, 0.3) is 0 Å². The quantitative estimate of drug-likeness (QED) is 0.774. The molecule has 0 bridgehead atoms. The van der Waals surface area contributed by atoms with Crippen LogP contribution in [0.1, 0.15) is 22.8 Å². The lowest BCUT2D eigenvalue weighted by atomic mass is 10.0. The fraction of sp³-hybridized carbons (Fsp3) is 0.417. The van der Waals surface area contributed by atoms with E-state index in [1.165, 1.54) is 19.1 Å². The van der Waals surface area contributed by atoms with E-state index < -0.39 is 42.0 Å². The Hall–Kier alpha value is -1.60. The lowest BCUT2D eigenvalue weighted by molar-refractivity contribution is -0.137. The molecule has 0 radical (unpaired) electrons. The molecule has 0 atom stereocenters. The Labute approximate surface area is 107 Å². The largest absolute Gasteiger partial charge is 0.417 e. The van der Waals surface area contributed by atoms with Crippen LogP contribution in [0.2, 0.25) is 0 Å². The summed E-state index contributed by atoms with van der Waals surface area (Å²) in [6.45, 7) is 0.133. The molecule has 7 heteroatoms. The average Bonchev–Trinajstić information content (AvgIpc) is 2.37. The predicted octanol–water partition coefficient (Wildman–Crippen LogP) is 1.18. The molecule has 0 spiro atoms. The third-order valence-electron chi connectivity index (χ3n) is 2.59. The fourth-order valence-electron chi connectivity index (χ4n) is 1.40. The molecule has 4 nitrogen and oxygen atoms in total. The molecule has 0 heterocycles. The van der Waals surface area contributed by atoms with E-state index in [4.69, 9.17) is 10.2 Å². The maximum atomic E-state index is 12.7. The molecule has 0 aliphatic carbocycles. The molecule has 0 aliphatic heterocycles. The molecule has 1 aromatic carbocycles. The Kier molecular flexibility index (Phi) is 4.54. The standard InChI is InChI=1S/C12H14F3NO3/c1-11(6-17,7-18)16-10(19)8-4-2-3-5-9(8)12(13,14)15/h2-5,17-18H,6-7H2,1H3,(H,16,19). The van der Waals surface area contributed by atoms with Crippen LogP contribution in [-0.4, -0.2) is 34.9 Å². The first kappa shape index (κ1) is 15.5. The minimum absolute atomic E-state index is 0.553. The maximum absolute atomic E-state index is 12.7. The van der Waals surface area contributed by atoms with Crippen LogP contribution in [0.4, 0.5) is 13.2 Å². The number of halogens is 3. The fourth-order valence-corrected chi connectivity index (χ4v) is 1.40. The summed E-state index contributed by atoms with van der Waals surface area (Å²) in [6.07, 6.45) is -4.65. The molecule has 0 saturated carbocycles. The van der Waals surface area contributed by atoms with Gasteiger partial charge in [-0.25, -0.2) is 0 Å². The van der Waals surface area contributed by atoms with Crippen molar-refractivity contribution in [1.29, 1.82) is 0 Å². The molecule has 0 saturated heterocycles. The van der Waals surface area contributed by atoms with Gasteiger partial charge in [-0.3, -0.25) is 4.79 Å². The van der Waals surface area contributed by atoms with Gasteiger partial charge in [0.1, 0.15) is 0 Å². The number of rotatable bonds is 4. The summed E-state index contributed by atoms with van der Waals surface area (Å²) in [5, 5.41) is 20.2. The molecule has 1 amide bonds. The summed E-state index contributed by atoms with van der Waals surface area (Å²) < 4.78 is 38.2. The van der Waals surface area contributed by atoms with Crippen LogP contribution in [0, 0.1) is 0 Å². The number of carbonyl (C=O) groups is 1. The van der Waals surface area contributed by atoms with Crippen LogP contribution in [0.3, 0.4) is 0 Å². The topological polar surface area (TPSA) is 69.6 Å². The van der Waals surface area contributed by atoms with E-state index in [0.717, 1.165) is 12.1 Å². The van der Waals surface area contributed by atoms with E-state index in [9.17, 15) is 18.0 Å². The van der Waals surface area contributed by atoms with E-state index >= 15 is 0 Å². The van der Waals surface area contributed by atoms with Crippen molar-refractivity contribution < 1.29 is 28.2 Å². The zero-order valence-electron chi connectivity index (χ0n) is 10.2. The Morgan fingerprint density at radius 1 is 1.21 bits per heavy atom. The summed E-state index contributed by atoms with van der Waals surface area (Å²) in [5.74, 6) is -1.00. The van der Waals surface area contributed by atoms with Gasteiger partial charge in [0.2, 0.25) is 0 Å². The Balaban J connectivity index is 3.08. The van der Waals surface area contributed by atoms with Gasteiger partial charge in [-0.1, -0.05) is 12.1 Å². The van der Waals surface area contributed by atoms with Gasteiger partial charge in [0.05, 0.1) is 29.9 Å². The highest BCUT2D eigenvalue weighted by atomic mass is 19.4. The predicted molar refractivity (Wildman–Crippen MR) is 61.5 cm³/mol. The van der Waals surface area contributed by atoms with Crippen LogP contribution in [-0.2, 0) is 6.18 Å². The van der Waals surface area contributed by atoms with Crippen LogP contribution < -0.4 is 5.32 Å². The van der Waals surface area contributed by atoms with Gasteiger partial charge in [0, 0.05) is 0 Å². The molecule has 1 rings (SSSR count). The monoisotopic (exact) mass is 277 g/mol. The third-order valence-corrected chi connectivity index (χ3v) is 2.59. The van der Waals surface area contributed by atoms with E-state index in [-0.39, 0.29) is 0 Å². The number of aliphatic hydroxyl groups is 2. The van der Waals surface area contributed by atoms with Gasteiger partial charge in [-0.15, -0.1) is 0 Å². The van der Waals surface area contributed by atoms with E-state index in [2.05, 4.69) is 5.32 Å². The van der Waals surface area contributed by atoms with Crippen molar-refractivity contribution >= 4 is 5.91 Å². The maximum Gasteiger partial charge on any atom is 0.417 e. The van der Waals surface area contributed by atoms with E-state index in [0.29, 0.717) is 0 Å². The van der Waals surface area contributed by atoms with E-state index in [1.807, 2.05) is 0 Å². The summed E-state index contributed by atoms with van der Waals surface area (Å²) in [6, 6.07) is 4.31. The number of nitrogens with one attached hydrogen (secondary N) is 1. The second-order valence-electron chi connectivity index (χ2n) is 4.37. The minimum atomic E-state index is -4.65. The molecule has 3 N–H and O–H groups in total. The van der Waals surface area contributed by atoms with Crippen LogP contribution >= 0.6 is 0 Å². The summed E-state index contributed by atoms with van der Waals surface area (Å²) in [5.41, 5.74) is -3.00. The van der Waals surface area contributed by atoms with Crippen molar-refractivity contribution in [3.8, 4) is 0 Å². The lowest BCUT2D eigenvalue weighted by Gasteiger charge is -2.26. The second kappa shape index (κ2) is 5.58. The first-order valence-corrected chi connectivity index (χ1v) is 5.44. The normalized spacial score (nSPS) is 12.3. The molecule has 19 heavy (non-hydrogen) atoms. The molecular formula is C12H14F3NO3. The Morgan fingerprint density at radius 2 is 1.74 bits per heavy atom. The first-order chi connectivity index (χ1) is 8.73. The van der Waals surface area contributed by atoms with Gasteiger partial charge < -0.3 is 15.5 Å². The van der Waals surface area contributed by atoms with Gasteiger partial charge >= 0.3 is 6.18 Å². The number of amides is 1. The molecule has 0 unspecified atom stereocenters. The molecule has 0 aromatic heterocycles. The first-order valence-electron chi connectivity index (χ1n) is 5.44. The minimum Gasteiger partial charge on any atom is -0.394 e. The molecule has 1 aromatic rings. The molecular weight excluding hydrogens is 263 g/mol. The van der Waals surface area contributed by atoms with Crippen LogP contribution in [0.5, 0.6) is 0 Å². The van der Waals surface area contributed by atoms with Crippen molar-refractivity contribution in [3.63, 3.8) is 0 Å². The summed E-state index contributed by atoms with van der Waals surface area (Å²) in [4.78, 5) is 11.8. The van der Waals surface area contributed by atoms with E-state index in [1.54, 1.807) is 0 Å². The Morgan fingerprint density at radius 3 is 2.21 bits per heavy atom. The van der Waals surface area contributed by atoms with Crippen molar-refractivity contribution in [2.24, 2.45) is 0 Å². The number of alkyl halides is 3. The molecule has 106 valence electrons. The zero-order valence-corrected chi connectivity index (χ0v) is 10.2. The van der Waals surface area contributed by atoms with Gasteiger partial charge in [0.25, 0.3) is 5.91 Å². The molecule has 0 aliphatic rings. The van der Waals surface area contributed by atoms with Crippen LogP contribution in [0.15, 0.2) is 24.3 Å². The van der Waals surface area contributed by atoms with Crippen molar-refractivity contribution in [1.82, 2.24) is 5.32 Å². The third kappa shape index (κ3) is 3.68.